The maximum atomic E-state index is 13.4. The van der Waals surface area contributed by atoms with Gasteiger partial charge in [-0.3, -0.25) is 9.36 Å². The summed E-state index contributed by atoms with van der Waals surface area (Å²) in [5.74, 6) is 0.752. The average Bonchev–Trinajstić information content (AvgIpc) is 3.40. The third-order valence-corrected chi connectivity index (χ3v) is 7.00. The lowest BCUT2D eigenvalue weighted by molar-refractivity contribution is -0.119. The van der Waals surface area contributed by atoms with Crippen molar-refractivity contribution in [2.45, 2.75) is 81.6 Å². The molecule has 1 amide bonds. The SMILES string of the molecule is O=C(CSc1nnc(-c2ccc(F)cc2)n1CC1CCCO1)NC1CCCCCCC1. The maximum absolute atomic E-state index is 13.4. The van der Waals surface area contributed by atoms with Crippen LogP contribution in [0.1, 0.15) is 57.8 Å². The normalized spacial score (nSPS) is 20.4. The van der Waals surface area contributed by atoms with Crippen LogP contribution in [0.4, 0.5) is 4.39 Å². The number of aromatic nitrogens is 3. The zero-order valence-electron chi connectivity index (χ0n) is 17.9. The predicted octanol–water partition coefficient (Wildman–Crippen LogP) is 4.58. The molecule has 1 aliphatic carbocycles. The topological polar surface area (TPSA) is 69.0 Å². The Morgan fingerprint density at radius 2 is 1.81 bits per heavy atom. The highest BCUT2D eigenvalue weighted by Crippen LogP contribution is 2.27. The number of nitrogens with one attached hydrogen (secondary N) is 1. The zero-order valence-corrected chi connectivity index (χ0v) is 18.7. The minimum Gasteiger partial charge on any atom is -0.376 e. The molecule has 1 saturated carbocycles. The Labute approximate surface area is 187 Å². The first-order valence-corrected chi connectivity index (χ1v) is 12.4. The summed E-state index contributed by atoms with van der Waals surface area (Å²) in [6.07, 6.45) is 10.5. The molecular formula is C23H31FN4O2S. The number of ether oxygens (including phenoxy) is 1. The molecule has 1 atom stereocenters. The standard InChI is InChI=1S/C23H31FN4O2S/c24-18-12-10-17(11-13-18)22-26-27-23(28(22)15-20-9-6-14-30-20)31-16-21(29)25-19-7-4-2-1-3-5-8-19/h10-13,19-20H,1-9,14-16H2,(H,25,29). The molecule has 0 spiro atoms. The molecule has 2 aliphatic rings. The van der Waals surface area contributed by atoms with Crippen molar-refractivity contribution in [1.82, 2.24) is 20.1 Å². The van der Waals surface area contributed by atoms with Crippen molar-refractivity contribution in [1.29, 1.82) is 0 Å². The highest BCUT2D eigenvalue weighted by Gasteiger charge is 2.23. The quantitative estimate of drug-likeness (QED) is 0.630. The van der Waals surface area contributed by atoms with Gasteiger partial charge in [0.05, 0.1) is 18.4 Å². The molecule has 168 valence electrons. The van der Waals surface area contributed by atoms with E-state index < -0.39 is 0 Å². The Balaban J connectivity index is 1.42. The predicted molar refractivity (Wildman–Crippen MR) is 119 cm³/mol. The first-order valence-electron chi connectivity index (χ1n) is 11.4. The smallest absolute Gasteiger partial charge is 0.230 e. The van der Waals surface area contributed by atoms with E-state index in [-0.39, 0.29) is 23.9 Å². The van der Waals surface area contributed by atoms with Crippen molar-refractivity contribution >= 4 is 17.7 Å². The molecule has 2 fully saturated rings. The van der Waals surface area contributed by atoms with Gasteiger partial charge in [0.15, 0.2) is 11.0 Å². The fourth-order valence-corrected chi connectivity index (χ4v) is 5.12. The number of benzene rings is 1. The monoisotopic (exact) mass is 446 g/mol. The molecule has 2 heterocycles. The van der Waals surface area contributed by atoms with E-state index in [9.17, 15) is 9.18 Å². The second-order valence-electron chi connectivity index (χ2n) is 8.46. The largest absolute Gasteiger partial charge is 0.376 e. The molecule has 1 aromatic carbocycles. The van der Waals surface area contributed by atoms with E-state index in [1.54, 1.807) is 12.1 Å². The minimum absolute atomic E-state index is 0.0468. The van der Waals surface area contributed by atoms with Gasteiger partial charge in [-0.2, -0.15) is 0 Å². The van der Waals surface area contributed by atoms with Crippen molar-refractivity contribution in [3.05, 3.63) is 30.1 Å². The summed E-state index contributed by atoms with van der Waals surface area (Å²) < 4.78 is 21.2. The molecule has 6 nitrogen and oxygen atoms in total. The third-order valence-electron chi connectivity index (χ3n) is 6.03. The summed E-state index contributed by atoms with van der Waals surface area (Å²) in [6.45, 7) is 1.40. The van der Waals surface area contributed by atoms with Crippen LogP contribution in [0, 0.1) is 5.82 Å². The fourth-order valence-electron chi connectivity index (χ4n) is 4.36. The number of carbonyl (C=O) groups is 1. The Bertz CT molecular complexity index is 844. The van der Waals surface area contributed by atoms with Gasteiger partial charge in [-0.05, 0) is 49.9 Å². The van der Waals surface area contributed by atoms with Crippen molar-refractivity contribution in [2.75, 3.05) is 12.4 Å². The number of nitrogens with zero attached hydrogens (tertiary/aromatic N) is 3. The molecule has 31 heavy (non-hydrogen) atoms. The van der Waals surface area contributed by atoms with E-state index in [4.69, 9.17) is 4.74 Å². The Kier molecular flexibility index (Phi) is 7.97. The third kappa shape index (κ3) is 6.29. The van der Waals surface area contributed by atoms with Gasteiger partial charge in [0.1, 0.15) is 5.82 Å². The Morgan fingerprint density at radius 1 is 1.06 bits per heavy atom. The molecule has 0 bridgehead atoms. The summed E-state index contributed by atoms with van der Waals surface area (Å²) in [5, 5.41) is 12.6. The van der Waals surface area contributed by atoms with E-state index >= 15 is 0 Å². The molecule has 8 heteroatoms. The van der Waals surface area contributed by atoms with Crippen molar-refractivity contribution in [3.8, 4) is 11.4 Å². The van der Waals surface area contributed by atoms with E-state index in [1.807, 2.05) is 4.57 Å². The second kappa shape index (κ2) is 11.1. The Morgan fingerprint density at radius 3 is 2.52 bits per heavy atom. The van der Waals surface area contributed by atoms with Crippen LogP contribution >= 0.6 is 11.8 Å². The van der Waals surface area contributed by atoms with Gasteiger partial charge in [0.25, 0.3) is 0 Å². The fraction of sp³-hybridized carbons (Fsp3) is 0.609. The molecule has 1 aromatic heterocycles. The molecule has 0 radical (unpaired) electrons. The lowest BCUT2D eigenvalue weighted by atomic mass is 9.97. The molecule has 4 rings (SSSR count). The molecule has 2 aromatic rings. The van der Waals surface area contributed by atoms with Crippen LogP contribution in [0.3, 0.4) is 0 Å². The van der Waals surface area contributed by atoms with Gasteiger partial charge in [0, 0.05) is 18.2 Å². The van der Waals surface area contributed by atoms with Crippen LogP contribution in [0.2, 0.25) is 0 Å². The summed E-state index contributed by atoms with van der Waals surface area (Å²) in [5.41, 5.74) is 0.803. The maximum Gasteiger partial charge on any atom is 0.230 e. The van der Waals surface area contributed by atoms with Crippen LogP contribution < -0.4 is 5.32 Å². The zero-order chi connectivity index (χ0) is 21.5. The number of rotatable bonds is 7. The molecule has 1 unspecified atom stereocenters. The van der Waals surface area contributed by atoms with E-state index in [1.165, 1.54) is 56.0 Å². The number of hydrogen-bond acceptors (Lipinski definition) is 5. The summed E-state index contributed by atoms with van der Waals surface area (Å²) in [4.78, 5) is 12.6. The molecular weight excluding hydrogens is 415 g/mol. The van der Waals surface area contributed by atoms with Crippen LogP contribution in [-0.4, -0.2) is 45.2 Å². The number of thioether (sulfide) groups is 1. The average molecular weight is 447 g/mol. The lowest BCUT2D eigenvalue weighted by Crippen LogP contribution is -2.36. The van der Waals surface area contributed by atoms with Gasteiger partial charge in [-0.1, -0.05) is 43.9 Å². The van der Waals surface area contributed by atoms with E-state index in [0.29, 0.717) is 23.3 Å². The number of carbonyl (C=O) groups excluding carboxylic acids is 1. The lowest BCUT2D eigenvalue weighted by Gasteiger charge is -2.21. The van der Waals surface area contributed by atoms with Crippen LogP contribution in [0.25, 0.3) is 11.4 Å². The molecule has 1 aliphatic heterocycles. The van der Waals surface area contributed by atoms with Crippen molar-refractivity contribution < 1.29 is 13.9 Å². The van der Waals surface area contributed by atoms with Crippen molar-refractivity contribution in [2.24, 2.45) is 0 Å². The van der Waals surface area contributed by atoms with Gasteiger partial charge in [0.2, 0.25) is 5.91 Å². The van der Waals surface area contributed by atoms with Crippen LogP contribution in [-0.2, 0) is 16.1 Å². The van der Waals surface area contributed by atoms with Crippen LogP contribution in [0.5, 0.6) is 0 Å². The summed E-state index contributed by atoms with van der Waals surface area (Å²) in [6, 6.07) is 6.56. The second-order valence-corrected chi connectivity index (χ2v) is 9.40. The molecule has 1 N–H and O–H groups in total. The van der Waals surface area contributed by atoms with Gasteiger partial charge in [-0.15, -0.1) is 10.2 Å². The van der Waals surface area contributed by atoms with E-state index in [2.05, 4.69) is 15.5 Å². The number of hydrogen-bond donors (Lipinski definition) is 1. The minimum atomic E-state index is -0.283. The summed E-state index contributed by atoms with van der Waals surface area (Å²) in [7, 11) is 0. The number of halogens is 1. The highest BCUT2D eigenvalue weighted by atomic mass is 32.2. The van der Waals surface area contributed by atoms with Crippen LogP contribution in [0.15, 0.2) is 29.4 Å². The van der Waals surface area contributed by atoms with E-state index in [0.717, 1.165) is 37.9 Å². The van der Waals surface area contributed by atoms with Gasteiger partial charge < -0.3 is 10.1 Å². The Hall–Kier alpha value is -1.93. The van der Waals surface area contributed by atoms with Gasteiger partial charge >= 0.3 is 0 Å². The van der Waals surface area contributed by atoms with Crippen molar-refractivity contribution in [3.63, 3.8) is 0 Å². The first kappa shape index (κ1) is 22.3. The highest BCUT2D eigenvalue weighted by molar-refractivity contribution is 7.99. The summed E-state index contributed by atoms with van der Waals surface area (Å²) >= 11 is 1.40. The number of amides is 1. The van der Waals surface area contributed by atoms with Gasteiger partial charge in [-0.25, -0.2) is 4.39 Å². The first-order chi connectivity index (χ1) is 15.2. The molecule has 1 saturated heterocycles.